The van der Waals surface area contributed by atoms with Crippen LogP contribution >= 0.6 is 27.5 Å². The van der Waals surface area contributed by atoms with Crippen molar-refractivity contribution in [1.82, 2.24) is 4.98 Å². The average molecular weight is 249 g/mol. The van der Waals surface area contributed by atoms with Crippen molar-refractivity contribution in [2.24, 2.45) is 0 Å². The molecule has 1 fully saturated rings. The van der Waals surface area contributed by atoms with Crippen molar-refractivity contribution < 1.29 is 4.74 Å². The second kappa shape index (κ2) is 3.23. The molecule has 1 aliphatic rings. The van der Waals surface area contributed by atoms with Gasteiger partial charge in [-0.1, -0.05) is 11.6 Å². The van der Waals surface area contributed by atoms with E-state index in [1.54, 1.807) is 6.07 Å². The molecule has 0 bridgehead atoms. The fourth-order valence-corrected chi connectivity index (χ4v) is 1.52. The van der Waals surface area contributed by atoms with E-state index in [4.69, 9.17) is 16.3 Å². The number of hydrogen-bond acceptors (Lipinski definition) is 2. The molecule has 0 saturated heterocycles. The zero-order valence-corrected chi connectivity index (χ0v) is 8.60. The van der Waals surface area contributed by atoms with Gasteiger partial charge in [-0.2, -0.15) is 0 Å². The minimum Gasteiger partial charge on any atom is -0.488 e. The first-order chi connectivity index (χ1) is 5.75. The van der Waals surface area contributed by atoms with Crippen molar-refractivity contribution in [3.05, 3.63) is 21.9 Å². The molecule has 0 unspecified atom stereocenters. The van der Waals surface area contributed by atoms with Gasteiger partial charge in [0.15, 0.2) is 5.75 Å². The second-order valence-electron chi connectivity index (χ2n) is 2.74. The Morgan fingerprint density at radius 3 is 2.83 bits per heavy atom. The summed E-state index contributed by atoms with van der Waals surface area (Å²) in [6, 6.07) is 3.56. The SMILES string of the molecule is Clc1ccc(OC2CC2)c(Br)n1. The van der Waals surface area contributed by atoms with E-state index in [0.717, 1.165) is 18.6 Å². The van der Waals surface area contributed by atoms with Crippen molar-refractivity contribution in [3.63, 3.8) is 0 Å². The lowest BCUT2D eigenvalue weighted by atomic mass is 10.5. The van der Waals surface area contributed by atoms with Crippen LogP contribution in [-0.2, 0) is 0 Å². The van der Waals surface area contributed by atoms with Crippen LogP contribution in [0.1, 0.15) is 12.8 Å². The van der Waals surface area contributed by atoms with E-state index in [1.807, 2.05) is 6.07 Å². The van der Waals surface area contributed by atoms with Gasteiger partial charge in [0.2, 0.25) is 0 Å². The second-order valence-corrected chi connectivity index (χ2v) is 3.88. The zero-order chi connectivity index (χ0) is 8.55. The monoisotopic (exact) mass is 247 g/mol. The van der Waals surface area contributed by atoms with Crippen LogP contribution in [0, 0.1) is 0 Å². The van der Waals surface area contributed by atoms with E-state index in [2.05, 4.69) is 20.9 Å². The fraction of sp³-hybridized carbons (Fsp3) is 0.375. The van der Waals surface area contributed by atoms with Crippen molar-refractivity contribution >= 4 is 27.5 Å². The highest BCUT2D eigenvalue weighted by Gasteiger charge is 2.24. The maximum atomic E-state index is 5.67. The summed E-state index contributed by atoms with van der Waals surface area (Å²) in [5.41, 5.74) is 0. The molecule has 0 amide bonds. The van der Waals surface area contributed by atoms with Crippen LogP contribution in [-0.4, -0.2) is 11.1 Å². The Balaban J connectivity index is 2.18. The third kappa shape index (κ3) is 1.90. The van der Waals surface area contributed by atoms with Crippen molar-refractivity contribution in [1.29, 1.82) is 0 Å². The van der Waals surface area contributed by atoms with Crippen LogP contribution in [0.5, 0.6) is 5.75 Å². The molecular weight excluding hydrogens is 241 g/mol. The van der Waals surface area contributed by atoms with Gasteiger partial charge in [-0.3, -0.25) is 0 Å². The largest absolute Gasteiger partial charge is 0.488 e. The summed E-state index contributed by atoms with van der Waals surface area (Å²) in [5, 5.41) is 0.477. The lowest BCUT2D eigenvalue weighted by Gasteiger charge is -2.05. The van der Waals surface area contributed by atoms with Gasteiger partial charge in [-0.15, -0.1) is 0 Å². The molecule has 12 heavy (non-hydrogen) atoms. The molecule has 0 spiro atoms. The van der Waals surface area contributed by atoms with Crippen molar-refractivity contribution in [2.75, 3.05) is 0 Å². The van der Waals surface area contributed by atoms with Crippen LogP contribution in [0.3, 0.4) is 0 Å². The molecule has 64 valence electrons. The summed E-state index contributed by atoms with van der Waals surface area (Å²) in [5.74, 6) is 0.780. The first-order valence-electron chi connectivity index (χ1n) is 3.74. The predicted molar refractivity (Wildman–Crippen MR) is 50.6 cm³/mol. The van der Waals surface area contributed by atoms with Gasteiger partial charge in [0.25, 0.3) is 0 Å². The Morgan fingerprint density at radius 1 is 1.50 bits per heavy atom. The number of pyridine rings is 1. The summed E-state index contributed by atoms with van der Waals surface area (Å²) < 4.78 is 6.23. The third-order valence-electron chi connectivity index (χ3n) is 1.60. The normalized spacial score (nSPS) is 16.2. The van der Waals surface area contributed by atoms with Gasteiger partial charge in [0.1, 0.15) is 9.76 Å². The zero-order valence-electron chi connectivity index (χ0n) is 6.26. The summed E-state index contributed by atoms with van der Waals surface area (Å²) in [6.45, 7) is 0. The molecule has 0 aromatic carbocycles. The number of halogens is 2. The van der Waals surface area contributed by atoms with Gasteiger partial charge >= 0.3 is 0 Å². The molecule has 0 aliphatic heterocycles. The minimum atomic E-state index is 0.393. The Bertz CT molecular complexity index is 301. The van der Waals surface area contributed by atoms with Crippen LogP contribution in [0.4, 0.5) is 0 Å². The number of rotatable bonds is 2. The van der Waals surface area contributed by atoms with E-state index >= 15 is 0 Å². The van der Waals surface area contributed by atoms with E-state index in [0.29, 0.717) is 15.9 Å². The molecule has 0 atom stereocenters. The van der Waals surface area contributed by atoms with Gasteiger partial charge in [-0.25, -0.2) is 4.98 Å². The van der Waals surface area contributed by atoms with E-state index in [9.17, 15) is 0 Å². The topological polar surface area (TPSA) is 22.1 Å². The number of ether oxygens (including phenoxy) is 1. The molecule has 0 N–H and O–H groups in total. The van der Waals surface area contributed by atoms with Crippen LogP contribution in [0.2, 0.25) is 5.15 Å². The van der Waals surface area contributed by atoms with Crippen LogP contribution < -0.4 is 4.74 Å². The first-order valence-corrected chi connectivity index (χ1v) is 4.91. The predicted octanol–water partition coefficient (Wildman–Crippen LogP) is 3.04. The van der Waals surface area contributed by atoms with Gasteiger partial charge in [0, 0.05) is 0 Å². The van der Waals surface area contributed by atoms with Crippen molar-refractivity contribution in [3.8, 4) is 5.75 Å². The lowest BCUT2D eigenvalue weighted by Crippen LogP contribution is -1.97. The highest BCUT2D eigenvalue weighted by atomic mass is 79.9. The highest BCUT2D eigenvalue weighted by Crippen LogP contribution is 2.31. The molecule has 1 aliphatic carbocycles. The van der Waals surface area contributed by atoms with E-state index in [-0.39, 0.29) is 0 Å². The Kier molecular flexibility index (Phi) is 2.24. The van der Waals surface area contributed by atoms with Gasteiger partial charge < -0.3 is 4.74 Å². The Labute approximate surface area is 84.0 Å². The number of hydrogen-bond donors (Lipinski definition) is 0. The number of aromatic nitrogens is 1. The van der Waals surface area contributed by atoms with Crippen LogP contribution in [0.25, 0.3) is 0 Å². The molecule has 1 aromatic heterocycles. The molecule has 2 rings (SSSR count). The minimum absolute atomic E-state index is 0.393. The fourth-order valence-electron chi connectivity index (χ4n) is 0.853. The number of nitrogens with zero attached hydrogens (tertiary/aromatic N) is 1. The first kappa shape index (κ1) is 8.32. The quantitative estimate of drug-likeness (QED) is 0.751. The van der Waals surface area contributed by atoms with Gasteiger partial charge in [0.05, 0.1) is 6.10 Å². The Morgan fingerprint density at radius 2 is 2.25 bits per heavy atom. The maximum absolute atomic E-state index is 5.67. The van der Waals surface area contributed by atoms with E-state index in [1.165, 1.54) is 0 Å². The average Bonchev–Trinajstić information content (AvgIpc) is 2.79. The highest BCUT2D eigenvalue weighted by molar-refractivity contribution is 9.10. The summed E-state index contributed by atoms with van der Waals surface area (Å²) in [6.07, 6.45) is 2.69. The molecule has 1 aromatic rings. The Hall–Kier alpha value is -0.280. The smallest absolute Gasteiger partial charge is 0.152 e. The third-order valence-corrected chi connectivity index (χ3v) is 2.38. The molecule has 2 nitrogen and oxygen atoms in total. The van der Waals surface area contributed by atoms with E-state index < -0.39 is 0 Å². The van der Waals surface area contributed by atoms with Crippen molar-refractivity contribution in [2.45, 2.75) is 18.9 Å². The van der Waals surface area contributed by atoms with Crippen LogP contribution in [0.15, 0.2) is 16.7 Å². The molecular formula is C8H7BrClNO. The summed E-state index contributed by atoms with van der Waals surface area (Å²) in [7, 11) is 0. The summed E-state index contributed by atoms with van der Waals surface area (Å²) >= 11 is 8.96. The molecule has 1 saturated carbocycles. The molecule has 0 radical (unpaired) electrons. The molecule has 1 heterocycles. The lowest BCUT2D eigenvalue weighted by molar-refractivity contribution is 0.300. The summed E-state index contributed by atoms with van der Waals surface area (Å²) in [4.78, 5) is 4.01. The maximum Gasteiger partial charge on any atom is 0.152 e. The standard InChI is InChI=1S/C8H7BrClNO/c9-8-6(12-5-1-2-5)3-4-7(10)11-8/h3-5H,1-2H2. The van der Waals surface area contributed by atoms with Gasteiger partial charge in [-0.05, 0) is 40.9 Å². The molecule has 4 heteroatoms.